The maximum absolute atomic E-state index is 13.0. The van der Waals surface area contributed by atoms with Crippen molar-refractivity contribution >= 4 is 17.2 Å². The summed E-state index contributed by atoms with van der Waals surface area (Å²) in [5, 5.41) is 0. The predicted molar refractivity (Wildman–Crippen MR) is 91.7 cm³/mol. The molecule has 0 bridgehead atoms. The lowest BCUT2D eigenvalue weighted by atomic mass is 9.92. The van der Waals surface area contributed by atoms with Crippen LogP contribution in [0, 0.1) is 0 Å². The van der Waals surface area contributed by atoms with Crippen LogP contribution in [0.25, 0.3) is 0 Å². The van der Waals surface area contributed by atoms with Crippen LogP contribution in [0.15, 0.2) is 35.8 Å². The number of hydrogen-bond acceptors (Lipinski definition) is 4. The standard InChI is InChI=1S/C18H22N2O2S/c1-12-9-15(14-7-5-4-6-8-14)13(2)20(12)18(21)17-16(10-22-3)19-11-23-17/h4-8,11-13,15H,9-10H2,1-3H3/t12-,13-,15+/m1/s1. The van der Waals surface area contributed by atoms with E-state index < -0.39 is 0 Å². The zero-order chi connectivity index (χ0) is 16.4. The Hall–Kier alpha value is -1.72. The molecular weight excluding hydrogens is 308 g/mol. The quantitative estimate of drug-likeness (QED) is 0.858. The molecule has 1 aliphatic rings. The minimum absolute atomic E-state index is 0.0815. The second-order valence-electron chi connectivity index (χ2n) is 6.12. The lowest BCUT2D eigenvalue weighted by Crippen LogP contribution is -2.39. The topological polar surface area (TPSA) is 42.4 Å². The van der Waals surface area contributed by atoms with Crippen LogP contribution in [0.5, 0.6) is 0 Å². The van der Waals surface area contributed by atoms with Crippen LogP contribution in [0.2, 0.25) is 0 Å². The number of hydrogen-bond donors (Lipinski definition) is 0. The highest BCUT2D eigenvalue weighted by atomic mass is 32.1. The molecule has 5 heteroatoms. The van der Waals surface area contributed by atoms with Gasteiger partial charge in [0.15, 0.2) is 0 Å². The number of benzene rings is 1. The Morgan fingerprint density at radius 2 is 2.09 bits per heavy atom. The molecule has 23 heavy (non-hydrogen) atoms. The van der Waals surface area contributed by atoms with Gasteiger partial charge in [-0.1, -0.05) is 30.3 Å². The van der Waals surface area contributed by atoms with Gasteiger partial charge in [-0.25, -0.2) is 4.98 Å². The van der Waals surface area contributed by atoms with Crippen molar-refractivity contribution in [3.63, 3.8) is 0 Å². The highest BCUT2D eigenvalue weighted by molar-refractivity contribution is 7.11. The summed E-state index contributed by atoms with van der Waals surface area (Å²) in [4.78, 5) is 20.0. The Kier molecular flexibility index (Phi) is 4.78. The first-order valence-electron chi connectivity index (χ1n) is 7.92. The summed E-state index contributed by atoms with van der Waals surface area (Å²) in [6.07, 6.45) is 0.995. The molecule has 0 radical (unpaired) electrons. The molecular formula is C18H22N2O2S. The van der Waals surface area contributed by atoms with Crippen molar-refractivity contribution in [2.45, 2.75) is 44.9 Å². The van der Waals surface area contributed by atoms with E-state index in [1.54, 1.807) is 12.6 Å². The van der Waals surface area contributed by atoms with Crippen LogP contribution >= 0.6 is 11.3 Å². The predicted octanol–water partition coefficient (Wildman–Crippen LogP) is 3.70. The molecule has 1 amide bonds. The normalized spacial score (nSPS) is 24.1. The molecule has 3 atom stereocenters. The van der Waals surface area contributed by atoms with Gasteiger partial charge in [-0.05, 0) is 25.8 Å². The van der Waals surface area contributed by atoms with Gasteiger partial charge >= 0.3 is 0 Å². The van der Waals surface area contributed by atoms with Crippen molar-refractivity contribution in [3.05, 3.63) is 52.0 Å². The van der Waals surface area contributed by atoms with Gasteiger partial charge in [0.2, 0.25) is 0 Å². The van der Waals surface area contributed by atoms with E-state index in [1.807, 2.05) is 11.0 Å². The molecule has 1 saturated heterocycles. The van der Waals surface area contributed by atoms with Crippen LogP contribution in [-0.2, 0) is 11.3 Å². The van der Waals surface area contributed by atoms with Gasteiger partial charge in [0.05, 0.1) is 17.8 Å². The van der Waals surface area contributed by atoms with Crippen molar-refractivity contribution in [1.29, 1.82) is 0 Å². The van der Waals surface area contributed by atoms with E-state index in [2.05, 4.69) is 43.1 Å². The van der Waals surface area contributed by atoms with Gasteiger partial charge in [-0.15, -0.1) is 11.3 Å². The Morgan fingerprint density at radius 1 is 1.35 bits per heavy atom. The molecule has 0 aliphatic carbocycles. The number of rotatable bonds is 4. The minimum Gasteiger partial charge on any atom is -0.378 e. The third-order valence-electron chi connectivity index (χ3n) is 4.67. The fourth-order valence-electron chi connectivity index (χ4n) is 3.57. The van der Waals surface area contributed by atoms with E-state index in [0.717, 1.165) is 12.1 Å². The first-order valence-corrected chi connectivity index (χ1v) is 8.80. The maximum Gasteiger partial charge on any atom is 0.266 e. The highest BCUT2D eigenvalue weighted by Gasteiger charge is 2.40. The third kappa shape index (κ3) is 3.03. The fourth-order valence-corrected chi connectivity index (χ4v) is 4.31. The third-order valence-corrected chi connectivity index (χ3v) is 5.53. The summed E-state index contributed by atoms with van der Waals surface area (Å²) in [7, 11) is 1.63. The van der Waals surface area contributed by atoms with E-state index in [0.29, 0.717) is 17.4 Å². The average Bonchev–Trinajstić information content (AvgIpc) is 3.13. The van der Waals surface area contributed by atoms with Crippen molar-refractivity contribution in [3.8, 4) is 0 Å². The number of carbonyl (C=O) groups excluding carboxylic acids is 1. The van der Waals surface area contributed by atoms with E-state index >= 15 is 0 Å². The molecule has 3 rings (SSSR count). The largest absolute Gasteiger partial charge is 0.378 e. The Bertz CT molecular complexity index is 671. The van der Waals surface area contributed by atoms with Gasteiger partial charge in [0, 0.05) is 25.1 Å². The second-order valence-corrected chi connectivity index (χ2v) is 6.97. The number of aromatic nitrogens is 1. The first kappa shape index (κ1) is 16.1. The van der Waals surface area contributed by atoms with Crippen LogP contribution in [0.4, 0.5) is 0 Å². The zero-order valence-electron chi connectivity index (χ0n) is 13.7. The summed E-state index contributed by atoms with van der Waals surface area (Å²) in [5.41, 5.74) is 3.77. The van der Waals surface area contributed by atoms with Crippen LogP contribution in [-0.4, -0.2) is 35.0 Å². The minimum atomic E-state index is 0.0815. The molecule has 4 nitrogen and oxygen atoms in total. The Balaban J connectivity index is 1.85. The number of carbonyl (C=O) groups is 1. The zero-order valence-corrected chi connectivity index (χ0v) is 14.5. The number of thiazole rings is 1. The number of ether oxygens (including phenoxy) is 1. The molecule has 1 aliphatic heterocycles. The molecule has 122 valence electrons. The summed E-state index contributed by atoms with van der Waals surface area (Å²) in [5.74, 6) is 0.465. The summed E-state index contributed by atoms with van der Waals surface area (Å²) >= 11 is 1.40. The van der Waals surface area contributed by atoms with E-state index in [9.17, 15) is 4.79 Å². The molecule has 2 aromatic rings. The molecule has 1 aromatic heterocycles. The van der Waals surface area contributed by atoms with E-state index in [1.165, 1.54) is 16.9 Å². The SMILES string of the molecule is COCc1ncsc1C(=O)N1[C@H](C)C[C@H](c2ccccc2)[C@H]1C. The lowest BCUT2D eigenvalue weighted by molar-refractivity contribution is 0.0688. The number of methoxy groups -OCH3 is 1. The monoisotopic (exact) mass is 330 g/mol. The lowest BCUT2D eigenvalue weighted by Gasteiger charge is -2.27. The second kappa shape index (κ2) is 6.81. The molecule has 1 fully saturated rings. The number of amides is 1. The summed E-state index contributed by atoms with van der Waals surface area (Å²) in [6.45, 7) is 4.66. The number of nitrogens with zero attached hydrogens (tertiary/aromatic N) is 2. The Morgan fingerprint density at radius 3 is 2.78 bits per heavy atom. The van der Waals surface area contributed by atoms with Crippen molar-refractivity contribution in [2.75, 3.05) is 7.11 Å². The smallest absolute Gasteiger partial charge is 0.266 e. The van der Waals surface area contributed by atoms with Gasteiger partial charge in [0.1, 0.15) is 4.88 Å². The Labute approximate surface area is 141 Å². The molecule has 2 heterocycles. The van der Waals surface area contributed by atoms with Gasteiger partial charge in [-0.2, -0.15) is 0 Å². The molecule has 1 aromatic carbocycles. The average molecular weight is 330 g/mol. The maximum atomic E-state index is 13.0. The molecule has 0 spiro atoms. The van der Waals surface area contributed by atoms with Gasteiger partial charge in [0.25, 0.3) is 5.91 Å². The van der Waals surface area contributed by atoms with E-state index in [4.69, 9.17) is 4.74 Å². The van der Waals surface area contributed by atoms with Crippen LogP contribution in [0.3, 0.4) is 0 Å². The van der Waals surface area contributed by atoms with Crippen molar-refractivity contribution in [2.24, 2.45) is 0 Å². The van der Waals surface area contributed by atoms with Crippen LogP contribution in [0.1, 0.15) is 47.1 Å². The molecule has 0 N–H and O–H groups in total. The molecule has 0 saturated carbocycles. The first-order chi connectivity index (χ1) is 11.1. The highest BCUT2D eigenvalue weighted by Crippen LogP contribution is 2.38. The van der Waals surface area contributed by atoms with Crippen molar-refractivity contribution in [1.82, 2.24) is 9.88 Å². The van der Waals surface area contributed by atoms with Crippen LogP contribution < -0.4 is 0 Å². The summed E-state index contributed by atoms with van der Waals surface area (Å²) in [6, 6.07) is 10.9. The molecule has 0 unspecified atom stereocenters. The van der Waals surface area contributed by atoms with Gasteiger partial charge in [-0.3, -0.25) is 4.79 Å². The van der Waals surface area contributed by atoms with Gasteiger partial charge < -0.3 is 9.64 Å². The summed E-state index contributed by atoms with van der Waals surface area (Å²) < 4.78 is 5.16. The fraction of sp³-hybridized carbons (Fsp3) is 0.444. The number of likely N-dealkylation sites (tertiary alicyclic amines) is 1. The van der Waals surface area contributed by atoms with Crippen molar-refractivity contribution < 1.29 is 9.53 Å². The van der Waals surface area contributed by atoms with E-state index in [-0.39, 0.29) is 18.0 Å².